The van der Waals surface area contributed by atoms with Gasteiger partial charge in [0.2, 0.25) is 0 Å². The number of Topliss-reactive ketones (excluding diaryl/α,β-unsaturated/α-hetero) is 1. The Balaban J connectivity index is 1.72. The largest absolute Gasteiger partial charge is 0.448 e. The van der Waals surface area contributed by atoms with E-state index in [4.69, 9.17) is 4.74 Å². The summed E-state index contributed by atoms with van der Waals surface area (Å²) in [6, 6.07) is 12.3. The molecule has 0 fully saturated rings. The van der Waals surface area contributed by atoms with Gasteiger partial charge < -0.3 is 10.1 Å². The van der Waals surface area contributed by atoms with Gasteiger partial charge in [-0.3, -0.25) is 19.7 Å². The van der Waals surface area contributed by atoms with Gasteiger partial charge in [-0.1, -0.05) is 12.1 Å². The van der Waals surface area contributed by atoms with Gasteiger partial charge in [-0.05, 0) is 38.1 Å². The lowest BCUT2D eigenvalue weighted by molar-refractivity contribution is -0.384. The van der Waals surface area contributed by atoms with Gasteiger partial charge in [0.05, 0.1) is 10.6 Å². The molecule has 1 atom stereocenters. The number of carbonyl (C=O) groups excluding carboxylic acids is 3. The number of nitrogens with one attached hydrogen (secondary N) is 1. The van der Waals surface area contributed by atoms with Crippen molar-refractivity contribution in [2.24, 2.45) is 0 Å². The molecule has 0 bridgehead atoms. The van der Waals surface area contributed by atoms with Gasteiger partial charge in [0.15, 0.2) is 11.9 Å². The topological polar surface area (TPSA) is 116 Å². The molecule has 148 valence electrons. The van der Waals surface area contributed by atoms with Gasteiger partial charge in [-0.2, -0.15) is 0 Å². The van der Waals surface area contributed by atoms with Crippen LogP contribution in [-0.2, 0) is 9.53 Å². The molecular weight excluding hydrogens is 396 g/mol. The van der Waals surface area contributed by atoms with Crippen LogP contribution in [0.2, 0.25) is 0 Å². The van der Waals surface area contributed by atoms with Gasteiger partial charge in [0.25, 0.3) is 11.6 Å². The van der Waals surface area contributed by atoms with E-state index in [0.717, 1.165) is 11.3 Å². The number of ketones is 1. The van der Waals surface area contributed by atoms with Gasteiger partial charge in [-0.25, -0.2) is 4.79 Å². The number of hydrogen-bond donors (Lipinski definition) is 1. The average Bonchev–Trinajstić information content (AvgIpc) is 3.11. The van der Waals surface area contributed by atoms with E-state index in [1.165, 1.54) is 32.0 Å². The fraction of sp³-hybridized carbons (Fsp3) is 0.150. The maximum Gasteiger partial charge on any atom is 0.349 e. The zero-order valence-electron chi connectivity index (χ0n) is 15.5. The standard InChI is InChI=1S/C20H16N2O6S/c1-11(23)15-5-3-4-6-16(15)21-19(24)12(2)28-20(25)18-10-13-9-14(22(26)27)7-8-17(13)29-18/h3-10,12H,1-2H3,(H,21,24)/t12-/m0/s1. The lowest BCUT2D eigenvalue weighted by Crippen LogP contribution is -2.30. The molecule has 29 heavy (non-hydrogen) atoms. The molecule has 0 aliphatic carbocycles. The van der Waals surface area contributed by atoms with E-state index in [9.17, 15) is 24.5 Å². The number of non-ortho nitro benzene ring substituents is 1. The van der Waals surface area contributed by atoms with Gasteiger partial charge in [-0.15, -0.1) is 11.3 Å². The molecule has 0 radical (unpaired) electrons. The first-order chi connectivity index (χ1) is 13.8. The molecule has 3 rings (SSSR count). The molecule has 0 aliphatic heterocycles. The third-order valence-corrected chi connectivity index (χ3v) is 5.23. The van der Waals surface area contributed by atoms with Crippen molar-refractivity contribution in [3.63, 3.8) is 0 Å². The molecule has 1 amide bonds. The molecule has 1 heterocycles. The van der Waals surface area contributed by atoms with Crippen LogP contribution in [0.3, 0.4) is 0 Å². The summed E-state index contributed by atoms with van der Waals surface area (Å²) in [5, 5.41) is 14.0. The molecule has 3 aromatic rings. The number of amides is 1. The maximum atomic E-state index is 12.4. The molecule has 8 nitrogen and oxygen atoms in total. The van der Waals surface area contributed by atoms with Crippen molar-refractivity contribution in [2.75, 3.05) is 5.32 Å². The van der Waals surface area contributed by atoms with Crippen molar-refractivity contribution < 1.29 is 24.0 Å². The summed E-state index contributed by atoms with van der Waals surface area (Å²) in [4.78, 5) is 47.0. The highest BCUT2D eigenvalue weighted by molar-refractivity contribution is 7.20. The Bertz CT molecular complexity index is 1140. The molecule has 0 aliphatic rings. The molecule has 1 N–H and O–H groups in total. The van der Waals surface area contributed by atoms with E-state index in [1.54, 1.807) is 30.3 Å². The number of thiophene rings is 1. The first kappa shape index (κ1) is 20.2. The van der Waals surface area contributed by atoms with Crippen LogP contribution in [-0.4, -0.2) is 28.7 Å². The van der Waals surface area contributed by atoms with Gasteiger partial charge in [0, 0.05) is 27.8 Å². The fourth-order valence-electron chi connectivity index (χ4n) is 2.65. The molecule has 1 aromatic heterocycles. The Morgan fingerprint density at radius 3 is 2.55 bits per heavy atom. The summed E-state index contributed by atoms with van der Waals surface area (Å²) >= 11 is 1.12. The summed E-state index contributed by atoms with van der Waals surface area (Å²) in [5.74, 6) is -1.50. The Kier molecular flexibility index (Phi) is 5.69. The number of anilines is 1. The number of nitro benzene ring substituents is 1. The summed E-state index contributed by atoms with van der Waals surface area (Å²) < 4.78 is 5.91. The zero-order valence-corrected chi connectivity index (χ0v) is 16.3. The van der Waals surface area contributed by atoms with Crippen molar-refractivity contribution in [3.05, 3.63) is 69.1 Å². The highest BCUT2D eigenvalue weighted by Gasteiger charge is 2.22. The molecule has 0 saturated carbocycles. The van der Waals surface area contributed by atoms with E-state index >= 15 is 0 Å². The number of esters is 1. The van der Waals surface area contributed by atoms with Crippen LogP contribution < -0.4 is 5.32 Å². The smallest absolute Gasteiger partial charge is 0.349 e. The van der Waals surface area contributed by atoms with Gasteiger partial charge >= 0.3 is 5.97 Å². The minimum atomic E-state index is -1.11. The third-order valence-electron chi connectivity index (χ3n) is 4.13. The van der Waals surface area contributed by atoms with Crippen molar-refractivity contribution in [1.29, 1.82) is 0 Å². The van der Waals surface area contributed by atoms with Crippen LogP contribution >= 0.6 is 11.3 Å². The van der Waals surface area contributed by atoms with Crippen LogP contribution in [0.25, 0.3) is 10.1 Å². The quantitative estimate of drug-likeness (QED) is 0.281. The average molecular weight is 412 g/mol. The van der Waals surface area contributed by atoms with Gasteiger partial charge in [0.1, 0.15) is 4.88 Å². The van der Waals surface area contributed by atoms with Crippen LogP contribution in [0.5, 0.6) is 0 Å². The van der Waals surface area contributed by atoms with Crippen molar-refractivity contribution in [3.8, 4) is 0 Å². The fourth-order valence-corrected chi connectivity index (χ4v) is 3.58. The van der Waals surface area contributed by atoms with Crippen LogP contribution in [0, 0.1) is 10.1 Å². The zero-order chi connectivity index (χ0) is 21.1. The number of benzene rings is 2. The summed E-state index contributed by atoms with van der Waals surface area (Å²) in [5.41, 5.74) is 0.611. The number of hydrogen-bond acceptors (Lipinski definition) is 7. The normalized spacial score (nSPS) is 11.7. The molecule has 0 spiro atoms. The minimum Gasteiger partial charge on any atom is -0.448 e. The number of nitrogens with zero attached hydrogens (tertiary/aromatic N) is 1. The van der Waals surface area contributed by atoms with E-state index in [0.29, 0.717) is 21.3 Å². The summed E-state index contributed by atoms with van der Waals surface area (Å²) in [6.07, 6.45) is -1.11. The number of rotatable bonds is 6. The molecule has 9 heteroatoms. The van der Waals surface area contributed by atoms with Crippen molar-refractivity contribution >= 4 is 50.5 Å². The number of nitro groups is 1. The first-order valence-electron chi connectivity index (χ1n) is 8.56. The molecular formula is C20H16N2O6S. The number of carbonyl (C=O) groups is 3. The number of fused-ring (bicyclic) bond motifs is 1. The highest BCUT2D eigenvalue weighted by Crippen LogP contribution is 2.29. The Morgan fingerprint density at radius 2 is 1.86 bits per heavy atom. The second-order valence-electron chi connectivity index (χ2n) is 6.23. The minimum absolute atomic E-state index is 0.0768. The lowest BCUT2D eigenvalue weighted by atomic mass is 10.1. The predicted octanol–water partition coefficient (Wildman–Crippen LogP) is 4.20. The van der Waals surface area contributed by atoms with E-state index < -0.39 is 22.9 Å². The number of para-hydroxylation sites is 1. The highest BCUT2D eigenvalue weighted by atomic mass is 32.1. The second-order valence-corrected chi connectivity index (χ2v) is 7.31. The SMILES string of the molecule is CC(=O)c1ccccc1NC(=O)[C@H](C)OC(=O)c1cc2cc([N+](=O)[O-])ccc2s1. The van der Waals surface area contributed by atoms with Crippen LogP contribution in [0.4, 0.5) is 11.4 Å². The van der Waals surface area contributed by atoms with Crippen LogP contribution in [0.1, 0.15) is 33.9 Å². The Hall–Kier alpha value is -3.59. The van der Waals surface area contributed by atoms with Crippen molar-refractivity contribution in [2.45, 2.75) is 20.0 Å². The lowest BCUT2D eigenvalue weighted by Gasteiger charge is -2.14. The second kappa shape index (κ2) is 8.19. The van der Waals surface area contributed by atoms with E-state index in [2.05, 4.69) is 5.32 Å². The summed E-state index contributed by atoms with van der Waals surface area (Å²) in [6.45, 7) is 2.81. The molecule has 2 aromatic carbocycles. The van der Waals surface area contributed by atoms with E-state index in [1.807, 2.05) is 0 Å². The van der Waals surface area contributed by atoms with Crippen LogP contribution in [0.15, 0.2) is 48.5 Å². The summed E-state index contributed by atoms with van der Waals surface area (Å²) in [7, 11) is 0. The number of ether oxygens (including phenoxy) is 1. The predicted molar refractivity (Wildman–Crippen MR) is 108 cm³/mol. The first-order valence-corrected chi connectivity index (χ1v) is 9.37. The maximum absolute atomic E-state index is 12.4. The Morgan fingerprint density at radius 1 is 1.14 bits per heavy atom. The monoisotopic (exact) mass is 412 g/mol. The Labute approximate surface area is 169 Å². The molecule has 0 unspecified atom stereocenters. The molecule has 0 saturated heterocycles. The van der Waals surface area contributed by atoms with Crippen molar-refractivity contribution in [1.82, 2.24) is 0 Å². The third kappa shape index (κ3) is 4.46. The van der Waals surface area contributed by atoms with E-state index in [-0.39, 0.29) is 16.3 Å².